The highest BCUT2D eigenvalue weighted by atomic mass is 28.4. The first-order valence-electron chi connectivity index (χ1n) is 7.16. The van der Waals surface area contributed by atoms with E-state index in [0.29, 0.717) is 6.61 Å². The lowest BCUT2D eigenvalue weighted by Gasteiger charge is -2.37. The van der Waals surface area contributed by atoms with Crippen LogP contribution >= 0.6 is 0 Å². The van der Waals surface area contributed by atoms with Gasteiger partial charge in [0.25, 0.3) is 0 Å². The summed E-state index contributed by atoms with van der Waals surface area (Å²) in [6, 6.07) is -0.547. The van der Waals surface area contributed by atoms with E-state index in [1.807, 2.05) is 0 Å². The van der Waals surface area contributed by atoms with Crippen LogP contribution in [0.1, 0.15) is 20.8 Å². The van der Waals surface area contributed by atoms with Crippen LogP contribution in [0.25, 0.3) is 10.4 Å². The summed E-state index contributed by atoms with van der Waals surface area (Å²) in [5.41, 5.74) is 8.26. The van der Waals surface area contributed by atoms with Crippen molar-refractivity contribution >= 4 is 16.2 Å². The molecule has 1 fully saturated rings. The van der Waals surface area contributed by atoms with E-state index < -0.39 is 32.7 Å². The predicted octanol–water partition coefficient (Wildman–Crippen LogP) is 2.36. The van der Waals surface area contributed by atoms with Crippen molar-refractivity contribution in [3.05, 3.63) is 10.4 Å². The second kappa shape index (κ2) is 7.11. The number of hydrogen-bond donors (Lipinski definition) is 0. The van der Waals surface area contributed by atoms with Crippen LogP contribution in [0.5, 0.6) is 0 Å². The average Bonchev–Trinajstić information content (AvgIpc) is 2.63. The van der Waals surface area contributed by atoms with Crippen molar-refractivity contribution in [3.63, 3.8) is 0 Å². The molecule has 6 nitrogen and oxygen atoms in total. The van der Waals surface area contributed by atoms with Gasteiger partial charge >= 0.3 is 0 Å². The first-order valence-corrected chi connectivity index (χ1v) is 10.1. The maximum atomic E-state index is 14.1. The number of rotatable bonds is 6. The molecule has 1 heterocycles. The van der Waals surface area contributed by atoms with Crippen molar-refractivity contribution < 1.29 is 18.3 Å². The van der Waals surface area contributed by atoms with Gasteiger partial charge in [0.15, 0.2) is 8.32 Å². The molecule has 1 aliphatic rings. The summed E-state index contributed by atoms with van der Waals surface area (Å²) in [5.74, 6) is 0. The van der Waals surface area contributed by atoms with Gasteiger partial charge in [-0.25, -0.2) is 4.39 Å². The molecule has 0 aromatic rings. The zero-order valence-electron chi connectivity index (χ0n) is 13.7. The Bertz CT molecular complexity index is 402. The molecule has 2 unspecified atom stereocenters. The summed E-state index contributed by atoms with van der Waals surface area (Å²) in [7, 11) is -0.257. The lowest BCUT2D eigenvalue weighted by atomic mass is 9.94. The number of alkyl halides is 1. The van der Waals surface area contributed by atoms with Crippen LogP contribution in [-0.4, -0.2) is 53.9 Å². The SMILES string of the molecule is B[C@@H]1O[C@H](CO[Si](C)(C)C(C)(C)C)C(OCN=[N+]=[N-])C1F. The van der Waals surface area contributed by atoms with Gasteiger partial charge in [-0.2, -0.15) is 0 Å². The van der Waals surface area contributed by atoms with Gasteiger partial charge in [0.1, 0.15) is 33.0 Å². The summed E-state index contributed by atoms with van der Waals surface area (Å²) >= 11 is 0. The number of halogens is 1. The van der Waals surface area contributed by atoms with Gasteiger partial charge in [-0.3, -0.25) is 0 Å². The number of ether oxygens (including phenoxy) is 2. The van der Waals surface area contributed by atoms with Crippen LogP contribution < -0.4 is 0 Å². The molecule has 0 bridgehead atoms. The summed E-state index contributed by atoms with van der Waals surface area (Å²) in [6.45, 7) is 10.8. The molecular weight excluding hydrogens is 292 g/mol. The van der Waals surface area contributed by atoms with Crippen molar-refractivity contribution in [2.45, 2.75) is 63.3 Å². The lowest BCUT2D eigenvalue weighted by Crippen LogP contribution is -2.44. The first-order chi connectivity index (χ1) is 9.60. The molecule has 0 N–H and O–H groups in total. The Morgan fingerprint density at radius 1 is 1.43 bits per heavy atom. The van der Waals surface area contributed by atoms with E-state index in [1.54, 1.807) is 7.85 Å². The molecule has 0 saturated carbocycles. The average molecular weight is 317 g/mol. The third-order valence-corrected chi connectivity index (χ3v) is 8.82. The summed E-state index contributed by atoms with van der Waals surface area (Å²) in [6.07, 6.45) is -2.47. The fraction of sp³-hybridized carbons (Fsp3) is 1.00. The Balaban J connectivity index is 2.65. The predicted molar refractivity (Wildman–Crippen MR) is 84.1 cm³/mol. The minimum Gasteiger partial charge on any atom is -0.414 e. The first kappa shape index (κ1) is 18.5. The zero-order valence-corrected chi connectivity index (χ0v) is 14.7. The Morgan fingerprint density at radius 2 is 2.05 bits per heavy atom. The van der Waals surface area contributed by atoms with Crippen LogP contribution in [0.15, 0.2) is 5.11 Å². The van der Waals surface area contributed by atoms with Crippen molar-refractivity contribution in [2.75, 3.05) is 13.3 Å². The van der Waals surface area contributed by atoms with E-state index >= 15 is 0 Å². The Kier molecular flexibility index (Phi) is 6.25. The van der Waals surface area contributed by atoms with E-state index in [1.165, 1.54) is 0 Å². The van der Waals surface area contributed by atoms with Gasteiger partial charge in [0.2, 0.25) is 0 Å². The van der Waals surface area contributed by atoms with Crippen LogP contribution in [0, 0.1) is 0 Å². The maximum Gasteiger partial charge on any atom is 0.192 e. The zero-order chi connectivity index (χ0) is 16.3. The number of hydrogen-bond acceptors (Lipinski definition) is 4. The molecule has 1 saturated heterocycles. The van der Waals surface area contributed by atoms with E-state index in [2.05, 4.69) is 43.9 Å². The quantitative estimate of drug-likeness (QED) is 0.326. The minimum absolute atomic E-state index is 0.0772. The Hall–Kier alpha value is -0.598. The second-order valence-corrected chi connectivity index (χ2v) is 11.7. The fourth-order valence-corrected chi connectivity index (χ4v) is 2.90. The van der Waals surface area contributed by atoms with Gasteiger partial charge in [-0.1, -0.05) is 25.9 Å². The standard InChI is InChI=1S/C12H25BFN3O3Si/c1-12(2,3)21(4,5)19-6-8-10(18-7-16-17-15)9(14)11(13)20-8/h8-11H,6-7,13H2,1-5H3/t8-,9?,10?,11-/m1/s1. The van der Waals surface area contributed by atoms with Crippen molar-refractivity contribution in [1.82, 2.24) is 0 Å². The summed E-state index contributed by atoms with van der Waals surface area (Å²) in [4.78, 5) is 2.60. The van der Waals surface area contributed by atoms with Gasteiger partial charge in [0, 0.05) is 4.91 Å². The largest absolute Gasteiger partial charge is 0.414 e. The third-order valence-electron chi connectivity index (χ3n) is 4.32. The molecule has 0 spiro atoms. The maximum absolute atomic E-state index is 14.1. The highest BCUT2D eigenvalue weighted by molar-refractivity contribution is 6.74. The molecule has 1 rings (SSSR count). The minimum atomic E-state index is -1.92. The third kappa shape index (κ3) is 4.69. The highest BCUT2D eigenvalue weighted by Crippen LogP contribution is 2.37. The van der Waals surface area contributed by atoms with Gasteiger partial charge in [-0.15, -0.1) is 0 Å². The van der Waals surface area contributed by atoms with Gasteiger partial charge in [-0.05, 0) is 23.7 Å². The fourth-order valence-electron chi connectivity index (χ4n) is 1.89. The van der Waals surface area contributed by atoms with Crippen LogP contribution in [0.3, 0.4) is 0 Å². The topological polar surface area (TPSA) is 76.5 Å². The number of azide groups is 1. The molecule has 1 aliphatic heterocycles. The molecule has 0 aromatic heterocycles. The van der Waals surface area contributed by atoms with E-state index in [9.17, 15) is 4.39 Å². The molecule has 0 aliphatic carbocycles. The van der Waals surface area contributed by atoms with Crippen LogP contribution in [0.4, 0.5) is 4.39 Å². The lowest BCUT2D eigenvalue weighted by molar-refractivity contribution is -0.0399. The summed E-state index contributed by atoms with van der Waals surface area (Å²) in [5, 5.41) is 3.36. The van der Waals surface area contributed by atoms with E-state index in [-0.39, 0.29) is 11.8 Å². The second-order valence-electron chi connectivity index (χ2n) is 6.89. The van der Waals surface area contributed by atoms with E-state index in [0.717, 1.165) is 0 Å². The van der Waals surface area contributed by atoms with Gasteiger partial charge < -0.3 is 13.9 Å². The monoisotopic (exact) mass is 317 g/mol. The van der Waals surface area contributed by atoms with Crippen LogP contribution in [0.2, 0.25) is 18.1 Å². The molecule has 21 heavy (non-hydrogen) atoms. The molecule has 0 amide bonds. The summed E-state index contributed by atoms with van der Waals surface area (Å²) < 4.78 is 31.1. The molecule has 0 radical (unpaired) electrons. The number of nitrogens with zero attached hydrogens (tertiary/aromatic N) is 3. The van der Waals surface area contributed by atoms with Crippen molar-refractivity contribution in [2.24, 2.45) is 5.11 Å². The molecular formula is C12H25BFN3O3Si. The Morgan fingerprint density at radius 3 is 2.57 bits per heavy atom. The molecule has 9 heteroatoms. The van der Waals surface area contributed by atoms with Gasteiger partial charge in [0.05, 0.1) is 12.6 Å². The molecule has 4 atom stereocenters. The van der Waals surface area contributed by atoms with Crippen molar-refractivity contribution in [3.8, 4) is 0 Å². The highest BCUT2D eigenvalue weighted by Gasteiger charge is 2.45. The van der Waals surface area contributed by atoms with E-state index in [4.69, 9.17) is 19.4 Å². The Labute approximate surface area is 127 Å². The normalized spacial score (nSPS) is 30.2. The molecule has 0 aromatic carbocycles. The molecule has 120 valence electrons. The van der Waals surface area contributed by atoms with Crippen LogP contribution in [-0.2, 0) is 13.9 Å². The van der Waals surface area contributed by atoms with Crippen molar-refractivity contribution in [1.29, 1.82) is 0 Å². The smallest absolute Gasteiger partial charge is 0.192 e.